The minimum atomic E-state index is -0.773. The van der Waals surface area contributed by atoms with Gasteiger partial charge in [-0.1, -0.05) is 37.1 Å². The second-order valence-electron chi connectivity index (χ2n) is 8.83. The molecule has 0 aliphatic heterocycles. The van der Waals surface area contributed by atoms with E-state index in [1.807, 2.05) is 26.2 Å². The SMILES string of the molecule is CN(C)c1ccc2cc(-c3cc(CCC(=O)O)ccc3OCC3CCCC3)ccc2c1. The molecule has 0 aromatic heterocycles. The Balaban J connectivity index is 1.67. The zero-order chi connectivity index (χ0) is 21.8. The summed E-state index contributed by atoms with van der Waals surface area (Å²) in [5.74, 6) is 0.751. The lowest BCUT2D eigenvalue weighted by atomic mass is 9.97. The molecule has 162 valence electrons. The molecule has 1 aliphatic rings. The van der Waals surface area contributed by atoms with Crippen LogP contribution in [0.5, 0.6) is 5.75 Å². The van der Waals surface area contributed by atoms with Gasteiger partial charge in [-0.05, 0) is 77.4 Å². The van der Waals surface area contributed by atoms with Gasteiger partial charge in [-0.25, -0.2) is 0 Å². The molecule has 1 aliphatic carbocycles. The van der Waals surface area contributed by atoms with Gasteiger partial charge in [-0.3, -0.25) is 4.79 Å². The molecule has 1 N–H and O–H groups in total. The minimum absolute atomic E-state index is 0.132. The molecule has 0 radical (unpaired) electrons. The molecular formula is C27H31NO3. The first-order valence-corrected chi connectivity index (χ1v) is 11.2. The molecule has 0 spiro atoms. The van der Waals surface area contributed by atoms with Crippen molar-refractivity contribution in [3.05, 3.63) is 60.2 Å². The second kappa shape index (κ2) is 9.42. The van der Waals surface area contributed by atoms with Crippen LogP contribution in [0, 0.1) is 5.92 Å². The average molecular weight is 418 g/mol. The zero-order valence-corrected chi connectivity index (χ0v) is 18.4. The summed E-state index contributed by atoms with van der Waals surface area (Å²) in [5.41, 5.74) is 4.34. The highest BCUT2D eigenvalue weighted by Crippen LogP contribution is 2.35. The van der Waals surface area contributed by atoms with Crippen molar-refractivity contribution >= 4 is 22.4 Å². The number of hydrogen-bond acceptors (Lipinski definition) is 3. The van der Waals surface area contributed by atoms with Crippen molar-refractivity contribution in [3.63, 3.8) is 0 Å². The topological polar surface area (TPSA) is 49.8 Å². The summed E-state index contributed by atoms with van der Waals surface area (Å²) in [7, 11) is 4.10. The van der Waals surface area contributed by atoms with E-state index in [4.69, 9.17) is 9.84 Å². The van der Waals surface area contributed by atoms with Crippen molar-refractivity contribution in [2.45, 2.75) is 38.5 Å². The molecule has 3 aromatic rings. The third-order valence-corrected chi connectivity index (χ3v) is 6.27. The predicted octanol–water partition coefficient (Wildman–Crippen LogP) is 6.16. The number of nitrogens with zero attached hydrogens (tertiary/aromatic N) is 1. The van der Waals surface area contributed by atoms with E-state index in [0.29, 0.717) is 12.3 Å². The van der Waals surface area contributed by atoms with Gasteiger partial charge in [-0.15, -0.1) is 0 Å². The molecule has 0 bridgehead atoms. The van der Waals surface area contributed by atoms with Crippen molar-refractivity contribution in [1.82, 2.24) is 0 Å². The highest BCUT2D eigenvalue weighted by molar-refractivity contribution is 5.90. The van der Waals surface area contributed by atoms with Gasteiger partial charge in [0.05, 0.1) is 6.61 Å². The summed E-state index contributed by atoms with van der Waals surface area (Å²) >= 11 is 0. The van der Waals surface area contributed by atoms with Crippen LogP contribution in [0.2, 0.25) is 0 Å². The molecule has 0 unspecified atom stereocenters. The molecule has 0 saturated heterocycles. The van der Waals surface area contributed by atoms with E-state index in [1.165, 1.54) is 42.1 Å². The van der Waals surface area contributed by atoms with Crippen LogP contribution >= 0.6 is 0 Å². The lowest BCUT2D eigenvalue weighted by molar-refractivity contribution is -0.136. The summed E-state index contributed by atoms with van der Waals surface area (Å²) in [4.78, 5) is 13.1. The van der Waals surface area contributed by atoms with Gasteiger partial charge >= 0.3 is 5.97 Å². The van der Waals surface area contributed by atoms with Crippen molar-refractivity contribution in [2.24, 2.45) is 5.92 Å². The van der Waals surface area contributed by atoms with E-state index in [9.17, 15) is 4.79 Å². The smallest absolute Gasteiger partial charge is 0.303 e. The largest absolute Gasteiger partial charge is 0.493 e. The molecule has 0 heterocycles. The Morgan fingerprint density at radius 1 is 1.00 bits per heavy atom. The number of benzene rings is 3. The van der Waals surface area contributed by atoms with Gasteiger partial charge in [-0.2, -0.15) is 0 Å². The number of carboxylic acid groups (broad SMARTS) is 1. The quantitative estimate of drug-likeness (QED) is 0.477. The highest BCUT2D eigenvalue weighted by Gasteiger charge is 2.17. The van der Waals surface area contributed by atoms with Gasteiger partial charge in [0.15, 0.2) is 0 Å². The molecule has 0 atom stereocenters. The molecule has 1 fully saturated rings. The third-order valence-electron chi connectivity index (χ3n) is 6.27. The van der Waals surface area contributed by atoms with Gasteiger partial charge < -0.3 is 14.7 Å². The Labute approximate surface area is 184 Å². The molecule has 4 rings (SSSR count). The fourth-order valence-electron chi connectivity index (χ4n) is 4.40. The Bertz CT molecular complexity index is 1070. The summed E-state index contributed by atoms with van der Waals surface area (Å²) in [6, 6.07) is 19.1. The number of anilines is 1. The van der Waals surface area contributed by atoms with E-state index >= 15 is 0 Å². The molecule has 31 heavy (non-hydrogen) atoms. The maximum absolute atomic E-state index is 11.0. The normalized spacial score (nSPS) is 14.1. The van der Waals surface area contributed by atoms with Gasteiger partial charge in [0.1, 0.15) is 5.75 Å². The van der Waals surface area contributed by atoms with Gasteiger partial charge in [0.25, 0.3) is 0 Å². The number of carbonyl (C=O) groups is 1. The monoisotopic (exact) mass is 417 g/mol. The van der Waals surface area contributed by atoms with Crippen LogP contribution in [0.15, 0.2) is 54.6 Å². The number of ether oxygens (including phenoxy) is 1. The van der Waals surface area contributed by atoms with Crippen LogP contribution < -0.4 is 9.64 Å². The number of hydrogen-bond donors (Lipinski definition) is 1. The van der Waals surface area contributed by atoms with Crippen LogP contribution in [0.4, 0.5) is 5.69 Å². The van der Waals surface area contributed by atoms with Crippen LogP contribution in [-0.4, -0.2) is 31.8 Å². The highest BCUT2D eigenvalue weighted by atomic mass is 16.5. The molecule has 3 aromatic carbocycles. The molecule has 4 heteroatoms. The summed E-state index contributed by atoms with van der Waals surface area (Å²) in [6.45, 7) is 0.751. The average Bonchev–Trinajstić information content (AvgIpc) is 3.29. The van der Waals surface area contributed by atoms with E-state index in [0.717, 1.165) is 29.0 Å². The molecule has 1 saturated carbocycles. The Hall–Kier alpha value is -3.01. The van der Waals surface area contributed by atoms with E-state index in [2.05, 4.69) is 47.4 Å². The lowest BCUT2D eigenvalue weighted by Gasteiger charge is -2.17. The zero-order valence-electron chi connectivity index (χ0n) is 18.4. The second-order valence-corrected chi connectivity index (χ2v) is 8.83. The Kier molecular flexibility index (Phi) is 6.45. The Morgan fingerprint density at radius 2 is 1.74 bits per heavy atom. The maximum atomic E-state index is 11.0. The third kappa shape index (κ3) is 5.19. The predicted molar refractivity (Wildman–Crippen MR) is 127 cm³/mol. The summed E-state index contributed by atoms with van der Waals surface area (Å²) in [5, 5.41) is 11.5. The lowest BCUT2D eigenvalue weighted by Crippen LogP contribution is -2.09. The van der Waals surface area contributed by atoms with Crippen molar-refractivity contribution < 1.29 is 14.6 Å². The van der Waals surface area contributed by atoms with E-state index < -0.39 is 5.97 Å². The minimum Gasteiger partial charge on any atom is -0.493 e. The van der Waals surface area contributed by atoms with Gasteiger partial charge in [0, 0.05) is 31.8 Å². The fraction of sp³-hybridized carbons (Fsp3) is 0.370. The first kappa shape index (κ1) is 21.2. The van der Waals surface area contributed by atoms with Crippen LogP contribution in [0.25, 0.3) is 21.9 Å². The van der Waals surface area contributed by atoms with E-state index in [1.54, 1.807) is 0 Å². The van der Waals surface area contributed by atoms with Crippen LogP contribution in [0.3, 0.4) is 0 Å². The number of aryl methyl sites for hydroxylation is 1. The van der Waals surface area contributed by atoms with Crippen LogP contribution in [0.1, 0.15) is 37.7 Å². The summed E-state index contributed by atoms with van der Waals surface area (Å²) < 4.78 is 6.30. The molecular weight excluding hydrogens is 386 g/mol. The Morgan fingerprint density at radius 3 is 2.48 bits per heavy atom. The number of rotatable bonds is 8. The fourth-order valence-corrected chi connectivity index (χ4v) is 4.40. The molecule has 4 nitrogen and oxygen atoms in total. The number of fused-ring (bicyclic) bond motifs is 1. The number of aliphatic carboxylic acids is 1. The van der Waals surface area contributed by atoms with Crippen molar-refractivity contribution in [1.29, 1.82) is 0 Å². The van der Waals surface area contributed by atoms with Gasteiger partial charge in [0.2, 0.25) is 0 Å². The molecule has 0 amide bonds. The maximum Gasteiger partial charge on any atom is 0.303 e. The standard InChI is InChI=1S/C27H31NO3/c1-28(2)24-12-11-21-16-23(10-9-22(21)17-24)25-15-19(8-14-27(29)30)7-13-26(25)31-18-20-5-3-4-6-20/h7,9-13,15-17,20H,3-6,8,14,18H2,1-2H3,(H,29,30). The van der Waals surface area contributed by atoms with E-state index in [-0.39, 0.29) is 6.42 Å². The first-order chi connectivity index (χ1) is 15.0. The van der Waals surface area contributed by atoms with Crippen LogP contribution in [-0.2, 0) is 11.2 Å². The number of carboxylic acids is 1. The first-order valence-electron chi connectivity index (χ1n) is 11.2. The van der Waals surface area contributed by atoms with Crippen molar-refractivity contribution in [2.75, 3.05) is 25.6 Å². The summed E-state index contributed by atoms with van der Waals surface area (Å²) in [6.07, 6.45) is 5.74. The van der Waals surface area contributed by atoms with Crippen molar-refractivity contribution in [3.8, 4) is 16.9 Å².